The number of rotatable bonds is 4. The molecule has 2 rings (SSSR count). The van der Waals surface area contributed by atoms with Crippen molar-refractivity contribution in [3.8, 4) is 0 Å². The highest BCUT2D eigenvalue weighted by Crippen LogP contribution is 2.21. The van der Waals surface area contributed by atoms with E-state index in [1.165, 1.54) is 12.7 Å². The van der Waals surface area contributed by atoms with Crippen molar-refractivity contribution in [1.29, 1.82) is 0 Å². The number of methoxy groups -OCH3 is 1. The lowest BCUT2D eigenvalue weighted by atomic mass is 10.0. The molecule has 20 heavy (non-hydrogen) atoms. The number of carbonyl (C=O) groups excluding carboxylic acids is 1. The largest absolute Gasteiger partial charge is 0.465 e. The van der Waals surface area contributed by atoms with Gasteiger partial charge < -0.3 is 4.74 Å². The molecular weight excluding hydrogens is 386 g/mol. The molecule has 0 atom stereocenters. The van der Waals surface area contributed by atoms with E-state index in [9.17, 15) is 4.79 Å². The summed E-state index contributed by atoms with van der Waals surface area (Å²) >= 11 is 6.72. The Morgan fingerprint density at radius 2 is 1.85 bits per heavy atom. The molecule has 0 aliphatic carbocycles. The van der Waals surface area contributed by atoms with Gasteiger partial charge in [-0.15, -0.1) is 0 Å². The van der Waals surface area contributed by atoms with E-state index in [0.29, 0.717) is 10.2 Å². The van der Waals surface area contributed by atoms with E-state index in [1.807, 2.05) is 18.2 Å². The molecule has 0 bridgehead atoms. The van der Waals surface area contributed by atoms with Crippen LogP contribution in [0.4, 0.5) is 0 Å². The van der Waals surface area contributed by atoms with Crippen LogP contribution in [-0.2, 0) is 17.6 Å². The van der Waals surface area contributed by atoms with Gasteiger partial charge in [-0.3, -0.25) is 0 Å². The van der Waals surface area contributed by atoms with Gasteiger partial charge in [0.15, 0.2) is 0 Å². The van der Waals surface area contributed by atoms with Crippen LogP contribution < -0.4 is 0 Å². The zero-order chi connectivity index (χ0) is 14.5. The topological polar surface area (TPSA) is 39.2 Å². The Balaban J connectivity index is 2.19. The monoisotopic (exact) mass is 397 g/mol. The number of carbonyl (C=O) groups is 1. The van der Waals surface area contributed by atoms with E-state index >= 15 is 0 Å². The summed E-state index contributed by atoms with van der Waals surface area (Å²) in [7, 11) is 1.38. The number of halogens is 2. The molecule has 104 valence electrons. The third-order valence-corrected chi connectivity index (χ3v) is 4.11. The highest BCUT2D eigenvalue weighted by molar-refractivity contribution is 9.10. The summed E-state index contributed by atoms with van der Waals surface area (Å²) in [6.45, 7) is 0. The Hall–Kier alpha value is -1.20. The van der Waals surface area contributed by atoms with Crippen LogP contribution in [0.1, 0.15) is 21.5 Å². The summed E-state index contributed by atoms with van der Waals surface area (Å²) in [6.07, 6.45) is 3.30. The minimum Gasteiger partial charge on any atom is -0.465 e. The number of esters is 1. The Bertz CT molecular complexity index is 612. The lowest BCUT2D eigenvalue weighted by Crippen LogP contribution is -2.08. The average molecular weight is 399 g/mol. The van der Waals surface area contributed by atoms with Gasteiger partial charge in [-0.2, -0.15) is 0 Å². The van der Waals surface area contributed by atoms with Gasteiger partial charge in [-0.05, 0) is 58.1 Å². The Morgan fingerprint density at radius 3 is 2.50 bits per heavy atom. The number of hydrogen-bond acceptors (Lipinski definition) is 3. The molecule has 0 saturated carbocycles. The number of ether oxygens (including phenoxy) is 1. The number of pyridine rings is 1. The van der Waals surface area contributed by atoms with E-state index in [1.54, 1.807) is 6.20 Å². The molecular formula is C15H13Br2NO2. The normalized spacial score (nSPS) is 10.3. The molecule has 0 aliphatic heterocycles. The van der Waals surface area contributed by atoms with Gasteiger partial charge in [0.25, 0.3) is 0 Å². The maximum atomic E-state index is 11.8. The van der Waals surface area contributed by atoms with Gasteiger partial charge in [0, 0.05) is 10.7 Å². The summed E-state index contributed by atoms with van der Waals surface area (Å²) in [6, 6.07) is 10.0. The second kappa shape index (κ2) is 6.99. The molecule has 1 aromatic carbocycles. The van der Waals surface area contributed by atoms with E-state index < -0.39 is 0 Å². The predicted molar refractivity (Wildman–Crippen MR) is 84.8 cm³/mol. The molecule has 0 fully saturated rings. The first-order chi connectivity index (χ1) is 9.61. The second-order valence-electron chi connectivity index (χ2n) is 4.25. The maximum absolute atomic E-state index is 11.8. The smallest absolute Gasteiger partial charge is 0.340 e. The van der Waals surface area contributed by atoms with Crippen LogP contribution in [0, 0.1) is 0 Å². The second-order valence-corrected chi connectivity index (χ2v) is 5.92. The van der Waals surface area contributed by atoms with Gasteiger partial charge in [-0.1, -0.05) is 28.1 Å². The number of aryl methyl sites for hydroxylation is 2. The summed E-state index contributed by atoms with van der Waals surface area (Å²) in [5.41, 5.74) is 2.66. The van der Waals surface area contributed by atoms with E-state index in [0.717, 1.165) is 22.9 Å². The van der Waals surface area contributed by atoms with Gasteiger partial charge in [0.1, 0.15) is 4.60 Å². The summed E-state index contributed by atoms with van der Waals surface area (Å²) in [4.78, 5) is 15.9. The van der Waals surface area contributed by atoms with Crippen LogP contribution in [-0.4, -0.2) is 18.1 Å². The van der Waals surface area contributed by atoms with E-state index in [-0.39, 0.29) is 5.97 Å². The van der Waals surface area contributed by atoms with Crippen molar-refractivity contribution in [3.63, 3.8) is 0 Å². The molecule has 0 saturated heterocycles. The van der Waals surface area contributed by atoms with E-state index in [2.05, 4.69) is 49.0 Å². The van der Waals surface area contributed by atoms with E-state index in [4.69, 9.17) is 4.74 Å². The summed E-state index contributed by atoms with van der Waals surface area (Å²) in [5.74, 6) is -0.365. The molecule has 0 radical (unpaired) electrons. The van der Waals surface area contributed by atoms with Crippen molar-refractivity contribution in [2.75, 3.05) is 7.11 Å². The first kappa shape index (κ1) is 15.2. The number of nitrogens with zero attached hydrogens (tertiary/aromatic N) is 1. The molecule has 0 N–H and O–H groups in total. The molecule has 0 unspecified atom stereocenters. The van der Waals surface area contributed by atoms with Crippen molar-refractivity contribution in [3.05, 3.63) is 62.3 Å². The third-order valence-electron chi connectivity index (χ3n) is 2.98. The predicted octanol–water partition coefficient (Wildman–Crippen LogP) is 4.18. The number of hydrogen-bond donors (Lipinski definition) is 0. The van der Waals surface area contributed by atoms with Gasteiger partial charge >= 0.3 is 5.97 Å². The van der Waals surface area contributed by atoms with Gasteiger partial charge in [0.2, 0.25) is 0 Å². The van der Waals surface area contributed by atoms with Crippen molar-refractivity contribution in [2.45, 2.75) is 12.8 Å². The first-order valence-corrected chi connectivity index (χ1v) is 7.66. The Labute approximate surface area is 134 Å². The fraction of sp³-hybridized carbons (Fsp3) is 0.200. The molecule has 0 aliphatic rings. The van der Waals surface area contributed by atoms with Gasteiger partial charge in [0.05, 0.1) is 12.7 Å². The van der Waals surface area contributed by atoms with Crippen LogP contribution in [0.2, 0.25) is 0 Å². The van der Waals surface area contributed by atoms with Crippen molar-refractivity contribution < 1.29 is 9.53 Å². The highest BCUT2D eigenvalue weighted by Gasteiger charge is 2.16. The molecule has 3 nitrogen and oxygen atoms in total. The fourth-order valence-corrected chi connectivity index (χ4v) is 2.73. The molecule has 5 heteroatoms. The Kier molecular flexibility index (Phi) is 5.31. The molecule has 0 spiro atoms. The molecule has 0 amide bonds. The summed E-state index contributed by atoms with van der Waals surface area (Å²) < 4.78 is 6.39. The number of benzene rings is 1. The first-order valence-electron chi connectivity index (χ1n) is 6.08. The molecule has 2 aromatic rings. The summed E-state index contributed by atoms with van der Waals surface area (Å²) in [5, 5.41) is 0. The Morgan fingerprint density at radius 1 is 1.15 bits per heavy atom. The zero-order valence-corrected chi connectivity index (χ0v) is 14.1. The molecule has 1 aromatic heterocycles. The van der Waals surface area contributed by atoms with Crippen LogP contribution in [0.15, 0.2) is 45.6 Å². The van der Waals surface area contributed by atoms with Crippen molar-refractivity contribution in [2.24, 2.45) is 0 Å². The lowest BCUT2D eigenvalue weighted by molar-refractivity contribution is 0.0598. The average Bonchev–Trinajstić information content (AvgIpc) is 2.46. The van der Waals surface area contributed by atoms with Crippen molar-refractivity contribution in [1.82, 2.24) is 4.98 Å². The quantitative estimate of drug-likeness (QED) is 0.572. The lowest BCUT2D eigenvalue weighted by Gasteiger charge is -2.09. The zero-order valence-electron chi connectivity index (χ0n) is 10.9. The number of aromatic nitrogens is 1. The minimum absolute atomic E-state index is 0.365. The highest BCUT2D eigenvalue weighted by atomic mass is 79.9. The van der Waals surface area contributed by atoms with Crippen molar-refractivity contribution >= 4 is 37.8 Å². The van der Waals surface area contributed by atoms with Crippen LogP contribution in [0.5, 0.6) is 0 Å². The fourth-order valence-electron chi connectivity index (χ4n) is 1.93. The van der Waals surface area contributed by atoms with Crippen LogP contribution >= 0.6 is 31.9 Å². The van der Waals surface area contributed by atoms with Gasteiger partial charge in [-0.25, -0.2) is 9.78 Å². The van der Waals surface area contributed by atoms with Crippen LogP contribution in [0.25, 0.3) is 0 Å². The maximum Gasteiger partial charge on any atom is 0.340 e. The van der Waals surface area contributed by atoms with Crippen LogP contribution in [0.3, 0.4) is 0 Å². The molecule has 1 heterocycles. The minimum atomic E-state index is -0.365. The standard InChI is InChI=1S/C15H13Br2NO2/c1-20-15(19)13-11(8-9-18-14(13)17)5-2-10-3-6-12(16)7-4-10/h3-4,6-9H,2,5H2,1H3. The third kappa shape index (κ3) is 3.67. The SMILES string of the molecule is COC(=O)c1c(CCc2ccc(Br)cc2)ccnc1Br.